The predicted molar refractivity (Wildman–Crippen MR) is 140 cm³/mol. The van der Waals surface area contributed by atoms with Crippen molar-refractivity contribution in [3.05, 3.63) is 65.7 Å². The SMILES string of the molecule is Cc1ccc(-c2ccc3nc(NCc4ccc(S(N)(=O)=O)cc4)nc(NCC(F)(F)F)c3n2)cc1S(C)(=O)=O. The smallest absolute Gasteiger partial charge is 0.359 e. The third kappa shape index (κ3) is 6.99. The molecule has 2 aromatic carbocycles. The van der Waals surface area contributed by atoms with E-state index in [2.05, 4.69) is 25.6 Å². The van der Waals surface area contributed by atoms with Gasteiger partial charge in [-0.2, -0.15) is 18.2 Å². The fourth-order valence-corrected chi connectivity index (χ4v) is 5.21. The van der Waals surface area contributed by atoms with Crippen LogP contribution in [0.5, 0.6) is 0 Å². The second kappa shape index (κ2) is 10.4. The van der Waals surface area contributed by atoms with Crippen molar-refractivity contribution in [3.8, 4) is 11.3 Å². The van der Waals surface area contributed by atoms with Crippen LogP contribution >= 0.6 is 0 Å². The van der Waals surface area contributed by atoms with E-state index in [1.165, 1.54) is 30.3 Å². The van der Waals surface area contributed by atoms with Crippen molar-refractivity contribution in [2.24, 2.45) is 5.14 Å². The van der Waals surface area contributed by atoms with Crippen molar-refractivity contribution in [1.29, 1.82) is 0 Å². The van der Waals surface area contributed by atoms with E-state index in [-0.39, 0.29) is 39.1 Å². The number of benzene rings is 2. The zero-order chi connectivity index (χ0) is 28.6. The van der Waals surface area contributed by atoms with Gasteiger partial charge in [-0.25, -0.2) is 31.9 Å². The number of halogens is 3. The van der Waals surface area contributed by atoms with Crippen LogP contribution in [0.4, 0.5) is 24.9 Å². The lowest BCUT2D eigenvalue weighted by Gasteiger charge is -2.14. The van der Waals surface area contributed by atoms with E-state index < -0.39 is 32.6 Å². The highest BCUT2D eigenvalue weighted by Gasteiger charge is 2.27. The van der Waals surface area contributed by atoms with Crippen molar-refractivity contribution in [1.82, 2.24) is 15.0 Å². The molecule has 39 heavy (non-hydrogen) atoms. The summed E-state index contributed by atoms with van der Waals surface area (Å²) in [6, 6.07) is 13.6. The maximum Gasteiger partial charge on any atom is 0.405 e. The average molecular weight is 581 g/mol. The Labute approximate surface area is 222 Å². The molecule has 206 valence electrons. The number of nitrogens with one attached hydrogen (secondary N) is 2. The molecule has 2 heterocycles. The standard InChI is InChI=1S/C24H23F3N6O4S2/c1-14-3-6-16(11-20(14)38(2,34)35)18-9-10-19-21(31-18)22(30-13-24(25,26)27)33-23(32-19)29-12-15-4-7-17(8-5-15)39(28,36)37/h3-11H,12-13H2,1-2H3,(H2,28,36,37)(H2,29,30,32,33). The fourth-order valence-electron chi connectivity index (χ4n) is 3.70. The molecule has 0 saturated carbocycles. The van der Waals surface area contributed by atoms with Gasteiger partial charge in [0.2, 0.25) is 16.0 Å². The minimum Gasteiger partial charge on any atom is -0.359 e. The molecular weight excluding hydrogens is 557 g/mol. The minimum absolute atomic E-state index is 0.00643. The zero-order valence-electron chi connectivity index (χ0n) is 20.6. The van der Waals surface area contributed by atoms with Crippen LogP contribution in [0.1, 0.15) is 11.1 Å². The normalized spacial score (nSPS) is 12.5. The van der Waals surface area contributed by atoms with Crippen molar-refractivity contribution in [3.63, 3.8) is 0 Å². The monoisotopic (exact) mass is 580 g/mol. The van der Waals surface area contributed by atoms with Crippen LogP contribution in [0.15, 0.2) is 64.4 Å². The highest BCUT2D eigenvalue weighted by Crippen LogP contribution is 2.28. The number of hydrogen-bond donors (Lipinski definition) is 3. The van der Waals surface area contributed by atoms with Gasteiger partial charge in [-0.3, -0.25) is 0 Å². The summed E-state index contributed by atoms with van der Waals surface area (Å²) < 4.78 is 86.2. The first-order valence-electron chi connectivity index (χ1n) is 11.3. The summed E-state index contributed by atoms with van der Waals surface area (Å²) in [7, 11) is -7.37. The van der Waals surface area contributed by atoms with E-state index in [1.54, 1.807) is 31.2 Å². The van der Waals surface area contributed by atoms with Gasteiger partial charge in [-0.15, -0.1) is 0 Å². The van der Waals surface area contributed by atoms with Crippen LogP contribution in [0, 0.1) is 6.92 Å². The number of nitrogens with two attached hydrogens (primary N) is 1. The van der Waals surface area contributed by atoms with Gasteiger partial charge in [0.15, 0.2) is 15.7 Å². The van der Waals surface area contributed by atoms with Crippen LogP contribution in [0.3, 0.4) is 0 Å². The average Bonchev–Trinajstić information content (AvgIpc) is 2.84. The summed E-state index contributed by atoms with van der Waals surface area (Å²) in [5.74, 6) is -0.173. The van der Waals surface area contributed by atoms with Gasteiger partial charge >= 0.3 is 6.18 Å². The predicted octanol–water partition coefficient (Wildman–Crippen LogP) is 3.64. The number of alkyl halides is 3. The molecule has 0 saturated heterocycles. The fraction of sp³-hybridized carbons (Fsp3) is 0.208. The summed E-state index contributed by atoms with van der Waals surface area (Å²) in [4.78, 5) is 13.0. The maximum absolute atomic E-state index is 13.0. The third-order valence-electron chi connectivity index (χ3n) is 5.58. The number of rotatable bonds is 8. The van der Waals surface area contributed by atoms with E-state index in [0.717, 1.165) is 6.26 Å². The number of fused-ring (bicyclic) bond motifs is 1. The maximum atomic E-state index is 13.0. The van der Waals surface area contributed by atoms with Crippen molar-refractivity contribution in [2.75, 3.05) is 23.4 Å². The summed E-state index contributed by atoms with van der Waals surface area (Å²) in [5.41, 5.74) is 2.26. The molecule has 2 aromatic heterocycles. The van der Waals surface area contributed by atoms with E-state index in [1.807, 2.05) is 0 Å². The molecule has 0 fully saturated rings. The van der Waals surface area contributed by atoms with Crippen LogP contribution in [0.2, 0.25) is 0 Å². The summed E-state index contributed by atoms with van der Waals surface area (Å²) >= 11 is 0. The van der Waals surface area contributed by atoms with E-state index in [0.29, 0.717) is 22.4 Å². The number of primary sulfonamides is 1. The topological polar surface area (TPSA) is 157 Å². The van der Waals surface area contributed by atoms with Crippen LogP contribution in [0.25, 0.3) is 22.3 Å². The number of aromatic nitrogens is 3. The van der Waals surface area contributed by atoms with Crippen LogP contribution in [-0.4, -0.2) is 50.8 Å². The molecule has 0 aliphatic rings. The molecule has 10 nitrogen and oxygen atoms in total. The Morgan fingerprint density at radius 1 is 0.897 bits per heavy atom. The Morgan fingerprint density at radius 2 is 1.59 bits per heavy atom. The molecule has 15 heteroatoms. The minimum atomic E-state index is -4.53. The number of nitrogens with zero attached hydrogens (tertiary/aromatic N) is 3. The van der Waals surface area contributed by atoms with Gasteiger partial charge in [-0.05, 0) is 48.4 Å². The number of aryl methyl sites for hydroxylation is 1. The van der Waals surface area contributed by atoms with Gasteiger partial charge in [-0.1, -0.05) is 24.3 Å². The van der Waals surface area contributed by atoms with Crippen molar-refractivity contribution < 1.29 is 30.0 Å². The van der Waals surface area contributed by atoms with Gasteiger partial charge < -0.3 is 10.6 Å². The lowest BCUT2D eigenvalue weighted by Crippen LogP contribution is -2.22. The first-order valence-corrected chi connectivity index (χ1v) is 14.7. The molecule has 0 amide bonds. The lowest BCUT2D eigenvalue weighted by atomic mass is 10.1. The number of hydrogen-bond acceptors (Lipinski definition) is 9. The van der Waals surface area contributed by atoms with E-state index in [9.17, 15) is 30.0 Å². The number of sulfone groups is 1. The molecule has 0 aliphatic heterocycles. The van der Waals surface area contributed by atoms with Gasteiger partial charge in [0.05, 0.1) is 21.0 Å². The molecular formula is C24H23F3N6O4S2. The Morgan fingerprint density at radius 3 is 2.21 bits per heavy atom. The van der Waals surface area contributed by atoms with Crippen molar-refractivity contribution >= 4 is 42.7 Å². The second-order valence-electron chi connectivity index (χ2n) is 8.72. The highest BCUT2D eigenvalue weighted by atomic mass is 32.2. The largest absolute Gasteiger partial charge is 0.405 e. The van der Waals surface area contributed by atoms with Crippen molar-refractivity contribution in [2.45, 2.75) is 29.4 Å². The Kier molecular flexibility index (Phi) is 7.51. The highest BCUT2D eigenvalue weighted by molar-refractivity contribution is 7.90. The first kappa shape index (κ1) is 28.2. The number of pyridine rings is 1. The molecule has 0 atom stereocenters. The van der Waals surface area contributed by atoms with Crippen LogP contribution < -0.4 is 15.8 Å². The summed E-state index contributed by atoms with van der Waals surface area (Å²) in [6.07, 6.45) is -3.45. The van der Waals surface area contributed by atoms with E-state index >= 15 is 0 Å². The molecule has 0 radical (unpaired) electrons. The molecule has 0 unspecified atom stereocenters. The quantitative estimate of drug-likeness (QED) is 0.283. The van der Waals surface area contributed by atoms with E-state index in [4.69, 9.17) is 5.14 Å². The lowest BCUT2D eigenvalue weighted by molar-refractivity contribution is -0.115. The second-order valence-corrected chi connectivity index (χ2v) is 12.3. The Bertz CT molecular complexity index is 1760. The first-order chi connectivity index (χ1) is 18.1. The number of sulfonamides is 1. The molecule has 0 spiro atoms. The Hall–Kier alpha value is -3.82. The number of anilines is 2. The molecule has 0 bridgehead atoms. The van der Waals surface area contributed by atoms with Gasteiger partial charge in [0.1, 0.15) is 12.1 Å². The zero-order valence-corrected chi connectivity index (χ0v) is 22.2. The Balaban J connectivity index is 1.70. The summed E-state index contributed by atoms with van der Waals surface area (Å²) in [5, 5.41) is 10.3. The van der Waals surface area contributed by atoms with Gasteiger partial charge in [0, 0.05) is 18.4 Å². The molecule has 4 N–H and O–H groups in total. The van der Waals surface area contributed by atoms with Gasteiger partial charge in [0.25, 0.3) is 0 Å². The summed E-state index contributed by atoms with van der Waals surface area (Å²) in [6.45, 7) is 0.421. The molecule has 4 aromatic rings. The molecule has 0 aliphatic carbocycles. The molecule has 4 rings (SSSR count). The third-order valence-corrected chi connectivity index (χ3v) is 7.75. The van der Waals surface area contributed by atoms with Crippen LogP contribution in [-0.2, 0) is 26.4 Å².